The number of benzene rings is 1. The lowest BCUT2D eigenvalue weighted by Crippen LogP contribution is -2.28. The first kappa shape index (κ1) is 19.8. The summed E-state index contributed by atoms with van der Waals surface area (Å²) >= 11 is 7.43. The fourth-order valence-corrected chi connectivity index (χ4v) is 4.83. The minimum atomic E-state index is -0.284. The van der Waals surface area contributed by atoms with E-state index in [0.717, 1.165) is 11.4 Å². The number of nitrogens with zero attached hydrogens (tertiary/aromatic N) is 5. The monoisotopic (exact) mass is 452 g/mol. The van der Waals surface area contributed by atoms with Crippen molar-refractivity contribution in [3.63, 3.8) is 0 Å². The lowest BCUT2D eigenvalue weighted by molar-refractivity contribution is -0.116. The van der Waals surface area contributed by atoms with Crippen molar-refractivity contribution in [1.82, 2.24) is 24.3 Å². The van der Waals surface area contributed by atoms with Crippen LogP contribution < -0.4 is 10.9 Å². The molecule has 1 aromatic carbocycles. The second-order valence-corrected chi connectivity index (χ2v) is 8.64. The van der Waals surface area contributed by atoms with Gasteiger partial charge in [0.15, 0.2) is 10.8 Å². The van der Waals surface area contributed by atoms with E-state index in [0.29, 0.717) is 32.8 Å². The Morgan fingerprint density at radius 1 is 1.23 bits per heavy atom. The van der Waals surface area contributed by atoms with Crippen LogP contribution in [0.4, 0.5) is 5.82 Å². The van der Waals surface area contributed by atoms with Crippen LogP contribution in [0.5, 0.6) is 0 Å². The molecule has 3 aromatic heterocycles. The molecule has 0 radical (unpaired) electrons. The maximum atomic E-state index is 13.2. The average Bonchev–Trinajstić information content (AvgIpc) is 3.34. The summed E-state index contributed by atoms with van der Waals surface area (Å²) in [5.41, 5.74) is 1.87. The van der Waals surface area contributed by atoms with Gasteiger partial charge in [-0.2, -0.15) is 5.10 Å². The van der Waals surface area contributed by atoms with Crippen molar-refractivity contribution < 1.29 is 4.79 Å². The summed E-state index contributed by atoms with van der Waals surface area (Å²) in [5.74, 6) is 0.902. The zero-order chi connectivity index (χ0) is 21.5. The molecule has 4 heterocycles. The van der Waals surface area contributed by atoms with Crippen molar-refractivity contribution >= 4 is 46.1 Å². The minimum Gasteiger partial charge on any atom is -0.311 e. The quantitative estimate of drug-likeness (QED) is 0.475. The number of aryl methyl sites for hydroxylation is 1. The summed E-state index contributed by atoms with van der Waals surface area (Å²) in [5, 5.41) is 8.76. The normalized spacial score (nSPS) is 15.2. The molecule has 8 nitrogen and oxygen atoms in total. The van der Waals surface area contributed by atoms with Crippen LogP contribution in [0.2, 0.25) is 5.02 Å². The van der Waals surface area contributed by atoms with E-state index in [1.807, 2.05) is 31.2 Å². The van der Waals surface area contributed by atoms with E-state index in [4.69, 9.17) is 11.6 Å². The van der Waals surface area contributed by atoms with Crippen molar-refractivity contribution in [1.29, 1.82) is 0 Å². The van der Waals surface area contributed by atoms with Gasteiger partial charge in [-0.15, -0.1) is 0 Å². The van der Waals surface area contributed by atoms with E-state index in [-0.39, 0.29) is 23.9 Å². The highest BCUT2D eigenvalue weighted by Gasteiger charge is 2.29. The van der Waals surface area contributed by atoms with Gasteiger partial charge in [0, 0.05) is 22.9 Å². The van der Waals surface area contributed by atoms with Crippen LogP contribution >= 0.6 is 23.4 Å². The number of rotatable bonds is 4. The Labute approximate surface area is 186 Å². The number of carbonyl (C=O) groups is 1. The molecule has 1 amide bonds. The van der Waals surface area contributed by atoms with Crippen LogP contribution in [0.15, 0.2) is 58.6 Å². The first-order valence-electron chi connectivity index (χ1n) is 9.62. The molecule has 10 heteroatoms. The van der Waals surface area contributed by atoms with Crippen LogP contribution in [0.1, 0.15) is 18.2 Å². The summed E-state index contributed by atoms with van der Waals surface area (Å²) < 4.78 is 3.22. The third-order valence-electron chi connectivity index (χ3n) is 5.02. The van der Waals surface area contributed by atoms with Gasteiger partial charge in [-0.05, 0) is 43.3 Å². The molecule has 0 bridgehead atoms. The van der Waals surface area contributed by atoms with Crippen LogP contribution in [0.3, 0.4) is 0 Å². The number of halogens is 1. The van der Waals surface area contributed by atoms with Crippen molar-refractivity contribution in [2.75, 3.05) is 11.1 Å². The van der Waals surface area contributed by atoms with E-state index >= 15 is 0 Å². The predicted octanol–water partition coefficient (Wildman–Crippen LogP) is 3.61. The van der Waals surface area contributed by atoms with Gasteiger partial charge in [-0.3, -0.25) is 14.2 Å². The lowest BCUT2D eigenvalue weighted by atomic mass is 10.2. The van der Waals surface area contributed by atoms with E-state index in [1.165, 1.54) is 18.0 Å². The second-order valence-electron chi connectivity index (χ2n) is 7.22. The maximum absolute atomic E-state index is 13.2. The maximum Gasteiger partial charge on any atom is 0.265 e. The molecule has 0 spiro atoms. The number of nitrogens with one attached hydrogen (secondary N) is 1. The number of carbonyl (C=O) groups excluding carboxylic acids is 1. The topological polar surface area (TPSA) is 94.7 Å². The molecule has 0 fully saturated rings. The Hall–Kier alpha value is -3.17. The van der Waals surface area contributed by atoms with Gasteiger partial charge in [-0.1, -0.05) is 29.4 Å². The van der Waals surface area contributed by atoms with Gasteiger partial charge in [0.2, 0.25) is 5.91 Å². The van der Waals surface area contributed by atoms with Crippen LogP contribution in [0.25, 0.3) is 16.7 Å². The van der Waals surface area contributed by atoms with Gasteiger partial charge < -0.3 is 5.32 Å². The highest BCUT2D eigenvalue weighted by Crippen LogP contribution is 2.33. The smallest absolute Gasteiger partial charge is 0.265 e. The molecule has 0 aliphatic carbocycles. The molecule has 1 N–H and O–H groups in total. The molecule has 31 heavy (non-hydrogen) atoms. The van der Waals surface area contributed by atoms with Gasteiger partial charge in [0.05, 0.1) is 17.9 Å². The summed E-state index contributed by atoms with van der Waals surface area (Å²) in [6, 6.07) is 12.3. The second kappa shape index (κ2) is 7.82. The van der Waals surface area contributed by atoms with Crippen molar-refractivity contribution in [2.45, 2.75) is 24.5 Å². The highest BCUT2D eigenvalue weighted by atomic mass is 35.5. The van der Waals surface area contributed by atoms with E-state index < -0.39 is 0 Å². The zero-order valence-corrected chi connectivity index (χ0v) is 18.0. The summed E-state index contributed by atoms with van der Waals surface area (Å²) in [7, 11) is 0. The molecule has 1 aliphatic rings. The molecule has 4 aromatic rings. The first-order valence-corrected chi connectivity index (χ1v) is 11.0. The third kappa shape index (κ3) is 3.70. The molecule has 0 saturated heterocycles. The van der Waals surface area contributed by atoms with E-state index in [9.17, 15) is 9.59 Å². The first-order chi connectivity index (χ1) is 15.0. The van der Waals surface area contributed by atoms with Crippen molar-refractivity contribution in [2.24, 2.45) is 0 Å². The molecular weight excluding hydrogens is 436 g/mol. The number of aromatic nitrogens is 5. The number of hydrogen-bond acceptors (Lipinski definition) is 6. The number of hydrogen-bond donors (Lipinski definition) is 1. The molecule has 5 rings (SSSR count). The van der Waals surface area contributed by atoms with Crippen LogP contribution in [-0.2, 0) is 4.79 Å². The minimum absolute atomic E-state index is 0.161. The fourth-order valence-electron chi connectivity index (χ4n) is 3.57. The lowest BCUT2D eigenvalue weighted by Gasteiger charge is -2.13. The molecule has 156 valence electrons. The molecule has 1 aliphatic heterocycles. The standard InChI is InChI=1S/C21H17ClN6O2S/c1-12-3-2-4-17(24-12)25-18(29)9-15-11-31-21-26-19-16(20(30)27(15)21)10-23-28(19)14-7-5-13(22)6-8-14/h2-8,10,15H,9,11H2,1H3,(H,24,25,29). The van der Waals surface area contributed by atoms with Gasteiger partial charge >= 0.3 is 0 Å². The fraction of sp³-hybridized carbons (Fsp3) is 0.190. The summed E-state index contributed by atoms with van der Waals surface area (Å²) in [6.45, 7) is 1.86. The van der Waals surface area contributed by atoms with Crippen molar-refractivity contribution in [3.8, 4) is 5.69 Å². The Balaban J connectivity index is 1.44. The molecule has 0 saturated carbocycles. The van der Waals surface area contributed by atoms with Crippen LogP contribution in [-0.4, -0.2) is 36.0 Å². The number of amides is 1. The number of thioether (sulfide) groups is 1. The number of fused-ring (bicyclic) bond motifs is 2. The SMILES string of the molecule is Cc1cccc(NC(=O)CC2CSc3nc4c(cnn4-c4ccc(Cl)cc4)c(=O)n32)n1. The zero-order valence-electron chi connectivity index (χ0n) is 16.4. The van der Waals surface area contributed by atoms with E-state index in [2.05, 4.69) is 20.4 Å². The predicted molar refractivity (Wildman–Crippen MR) is 120 cm³/mol. The summed E-state index contributed by atoms with van der Waals surface area (Å²) in [4.78, 5) is 34.7. The van der Waals surface area contributed by atoms with Gasteiger partial charge in [0.1, 0.15) is 11.2 Å². The Bertz CT molecular complexity index is 1360. The van der Waals surface area contributed by atoms with Gasteiger partial charge in [-0.25, -0.2) is 14.6 Å². The largest absolute Gasteiger partial charge is 0.311 e. The van der Waals surface area contributed by atoms with Crippen LogP contribution in [0, 0.1) is 6.92 Å². The third-order valence-corrected chi connectivity index (χ3v) is 6.37. The average molecular weight is 453 g/mol. The molecule has 1 unspecified atom stereocenters. The Morgan fingerprint density at radius 3 is 2.81 bits per heavy atom. The Kier molecular flexibility index (Phi) is 4.99. The summed E-state index contributed by atoms with van der Waals surface area (Å²) in [6.07, 6.45) is 1.68. The van der Waals surface area contributed by atoms with E-state index in [1.54, 1.807) is 27.4 Å². The molecular formula is C21H17ClN6O2S. The number of anilines is 1. The van der Waals surface area contributed by atoms with Gasteiger partial charge in [0.25, 0.3) is 5.56 Å². The highest BCUT2D eigenvalue weighted by molar-refractivity contribution is 7.99. The Morgan fingerprint density at radius 2 is 2.03 bits per heavy atom. The molecule has 1 atom stereocenters. The van der Waals surface area contributed by atoms with Crippen molar-refractivity contribution in [3.05, 3.63) is 69.7 Å². The number of pyridine rings is 1.